The fraction of sp³-hybridized carbons (Fsp3) is 0.300. The molecule has 0 bridgehead atoms. The van der Waals surface area contributed by atoms with E-state index in [0.717, 1.165) is 6.42 Å². The van der Waals surface area contributed by atoms with E-state index in [9.17, 15) is 9.59 Å². The lowest BCUT2D eigenvalue weighted by Gasteiger charge is -2.35. The molecule has 0 saturated heterocycles. The highest BCUT2D eigenvalue weighted by Gasteiger charge is 2.27. The molecule has 5 nitrogen and oxygen atoms in total. The molecule has 1 heterocycles. The van der Waals surface area contributed by atoms with Crippen LogP contribution >= 0.6 is 0 Å². The van der Waals surface area contributed by atoms with Crippen molar-refractivity contribution in [3.8, 4) is 5.75 Å². The molecule has 1 atom stereocenters. The summed E-state index contributed by atoms with van der Waals surface area (Å²) in [6, 6.07) is 15.2. The van der Waals surface area contributed by atoms with E-state index in [-0.39, 0.29) is 24.4 Å². The molecule has 1 aliphatic heterocycles. The molecule has 0 fully saturated rings. The van der Waals surface area contributed by atoms with Crippen LogP contribution in [-0.4, -0.2) is 36.9 Å². The summed E-state index contributed by atoms with van der Waals surface area (Å²) >= 11 is 0. The van der Waals surface area contributed by atoms with Gasteiger partial charge in [0, 0.05) is 6.54 Å². The Morgan fingerprint density at radius 1 is 1.16 bits per heavy atom. The predicted octanol–water partition coefficient (Wildman–Crippen LogP) is 2.57. The number of hydrogen-bond acceptors (Lipinski definition) is 3. The van der Waals surface area contributed by atoms with Gasteiger partial charge in [-0.15, -0.1) is 0 Å². The molecule has 2 aromatic carbocycles. The molecule has 1 aliphatic rings. The molecule has 5 heteroatoms. The summed E-state index contributed by atoms with van der Waals surface area (Å²) in [6.07, 6.45) is 0.840. The smallest absolute Gasteiger partial charge is 0.255 e. The van der Waals surface area contributed by atoms with Gasteiger partial charge in [0.25, 0.3) is 5.91 Å². The van der Waals surface area contributed by atoms with Crippen molar-refractivity contribution in [1.82, 2.24) is 10.2 Å². The molecule has 0 unspecified atom stereocenters. The first-order chi connectivity index (χ1) is 12.1. The van der Waals surface area contributed by atoms with Crippen LogP contribution in [0.3, 0.4) is 0 Å². The summed E-state index contributed by atoms with van der Waals surface area (Å²) in [5.74, 6) is 0.105. The topological polar surface area (TPSA) is 58.6 Å². The van der Waals surface area contributed by atoms with Gasteiger partial charge in [-0.1, -0.05) is 36.4 Å². The quantitative estimate of drug-likeness (QED) is 0.932. The van der Waals surface area contributed by atoms with Crippen LogP contribution in [0.4, 0.5) is 0 Å². The third-order valence-corrected chi connectivity index (χ3v) is 4.67. The van der Waals surface area contributed by atoms with Crippen molar-refractivity contribution in [2.45, 2.75) is 19.4 Å². The molecular weight excluding hydrogens is 316 g/mol. The van der Waals surface area contributed by atoms with Gasteiger partial charge in [0.1, 0.15) is 5.75 Å². The Labute approximate surface area is 147 Å². The van der Waals surface area contributed by atoms with E-state index < -0.39 is 0 Å². The number of para-hydroxylation sites is 1. The Morgan fingerprint density at radius 3 is 2.68 bits per heavy atom. The van der Waals surface area contributed by atoms with Gasteiger partial charge in [0.15, 0.2) is 0 Å². The maximum absolute atomic E-state index is 12.6. The number of rotatable bonds is 4. The normalized spacial score (nSPS) is 16.1. The van der Waals surface area contributed by atoms with Crippen LogP contribution in [0.15, 0.2) is 48.5 Å². The minimum Gasteiger partial charge on any atom is -0.496 e. The number of ether oxygens (including phenoxy) is 1. The fourth-order valence-electron chi connectivity index (χ4n) is 3.30. The lowest BCUT2D eigenvalue weighted by atomic mass is 9.93. The van der Waals surface area contributed by atoms with Crippen LogP contribution in [0, 0.1) is 0 Å². The van der Waals surface area contributed by atoms with Crippen molar-refractivity contribution in [2.75, 3.05) is 20.2 Å². The molecule has 0 aromatic heterocycles. The number of carbonyl (C=O) groups excluding carboxylic acids is 2. The van der Waals surface area contributed by atoms with Gasteiger partial charge in [-0.3, -0.25) is 9.59 Å². The maximum Gasteiger partial charge on any atom is 0.255 e. The van der Waals surface area contributed by atoms with Gasteiger partial charge in [-0.2, -0.15) is 0 Å². The van der Waals surface area contributed by atoms with Gasteiger partial charge in [0.05, 0.1) is 25.3 Å². The SMILES string of the molecule is COc1ccccc1C(=O)NCC(=O)N1CCc2ccccc2[C@@H]1C. The van der Waals surface area contributed by atoms with E-state index in [1.54, 1.807) is 24.3 Å². The van der Waals surface area contributed by atoms with Gasteiger partial charge in [-0.25, -0.2) is 0 Å². The molecule has 1 N–H and O–H groups in total. The average molecular weight is 338 g/mol. The largest absolute Gasteiger partial charge is 0.496 e. The van der Waals surface area contributed by atoms with Crippen molar-refractivity contribution in [1.29, 1.82) is 0 Å². The second-order valence-electron chi connectivity index (χ2n) is 6.09. The zero-order valence-electron chi connectivity index (χ0n) is 14.5. The van der Waals surface area contributed by atoms with Crippen LogP contribution in [-0.2, 0) is 11.2 Å². The number of benzene rings is 2. The fourth-order valence-corrected chi connectivity index (χ4v) is 3.30. The number of fused-ring (bicyclic) bond motifs is 1. The Kier molecular flexibility index (Phi) is 5.03. The van der Waals surface area contributed by atoms with Crippen LogP contribution in [0.25, 0.3) is 0 Å². The highest BCUT2D eigenvalue weighted by molar-refractivity contribution is 5.98. The summed E-state index contributed by atoms with van der Waals surface area (Å²) in [6.45, 7) is 2.67. The van der Waals surface area contributed by atoms with E-state index in [1.165, 1.54) is 18.2 Å². The Balaban J connectivity index is 1.64. The first-order valence-electron chi connectivity index (χ1n) is 8.40. The summed E-state index contributed by atoms with van der Waals surface area (Å²) in [7, 11) is 1.52. The molecule has 25 heavy (non-hydrogen) atoms. The molecule has 0 saturated carbocycles. The standard InChI is InChI=1S/C20H22N2O3/c1-14-16-8-4-3-7-15(16)11-12-22(14)19(23)13-21-20(24)17-9-5-6-10-18(17)25-2/h3-10,14H,11-13H2,1-2H3,(H,21,24)/t14-/m0/s1. The number of nitrogens with one attached hydrogen (secondary N) is 1. The third-order valence-electron chi connectivity index (χ3n) is 4.67. The second kappa shape index (κ2) is 7.38. The molecule has 130 valence electrons. The number of nitrogens with zero attached hydrogens (tertiary/aromatic N) is 1. The molecule has 2 aromatic rings. The van der Waals surface area contributed by atoms with E-state index in [0.29, 0.717) is 17.9 Å². The zero-order valence-corrected chi connectivity index (χ0v) is 14.5. The first-order valence-corrected chi connectivity index (χ1v) is 8.40. The zero-order chi connectivity index (χ0) is 17.8. The van der Waals surface area contributed by atoms with Crippen molar-refractivity contribution in [3.05, 3.63) is 65.2 Å². The monoisotopic (exact) mass is 338 g/mol. The van der Waals surface area contributed by atoms with Gasteiger partial charge in [-0.05, 0) is 36.6 Å². The molecule has 0 spiro atoms. The minimum absolute atomic E-state index is 0.0145. The van der Waals surface area contributed by atoms with Crippen molar-refractivity contribution in [3.63, 3.8) is 0 Å². The van der Waals surface area contributed by atoms with Gasteiger partial charge < -0.3 is 15.0 Å². The second-order valence-corrected chi connectivity index (χ2v) is 6.09. The van der Waals surface area contributed by atoms with Crippen LogP contribution in [0.5, 0.6) is 5.75 Å². The van der Waals surface area contributed by atoms with E-state index >= 15 is 0 Å². The summed E-state index contributed by atoms with van der Waals surface area (Å²) in [5.41, 5.74) is 2.89. The van der Waals surface area contributed by atoms with Crippen LogP contribution in [0.2, 0.25) is 0 Å². The molecule has 0 radical (unpaired) electrons. The van der Waals surface area contributed by atoms with Crippen LogP contribution < -0.4 is 10.1 Å². The lowest BCUT2D eigenvalue weighted by Crippen LogP contribution is -2.44. The van der Waals surface area contributed by atoms with Gasteiger partial charge in [0.2, 0.25) is 5.91 Å². The summed E-state index contributed by atoms with van der Waals surface area (Å²) in [4.78, 5) is 26.7. The van der Waals surface area contributed by atoms with Crippen LogP contribution in [0.1, 0.15) is 34.5 Å². The van der Waals surface area contributed by atoms with Gasteiger partial charge >= 0.3 is 0 Å². The molecular formula is C20H22N2O3. The predicted molar refractivity (Wildman–Crippen MR) is 95.6 cm³/mol. The third kappa shape index (κ3) is 3.50. The van der Waals surface area contributed by atoms with Crippen molar-refractivity contribution < 1.29 is 14.3 Å². The van der Waals surface area contributed by atoms with E-state index in [4.69, 9.17) is 4.74 Å². The Hall–Kier alpha value is -2.82. The van der Waals surface area contributed by atoms with Crippen molar-refractivity contribution >= 4 is 11.8 Å². The lowest BCUT2D eigenvalue weighted by molar-refractivity contribution is -0.132. The molecule has 2 amide bonds. The number of amides is 2. The van der Waals surface area contributed by atoms with E-state index in [2.05, 4.69) is 17.4 Å². The molecule has 3 rings (SSSR count). The minimum atomic E-state index is -0.309. The highest BCUT2D eigenvalue weighted by atomic mass is 16.5. The number of hydrogen-bond donors (Lipinski definition) is 1. The summed E-state index contributed by atoms with van der Waals surface area (Å²) in [5, 5.41) is 2.71. The van der Waals surface area contributed by atoms with E-state index in [1.807, 2.05) is 24.0 Å². The molecule has 0 aliphatic carbocycles. The van der Waals surface area contributed by atoms with Crippen molar-refractivity contribution in [2.24, 2.45) is 0 Å². The number of methoxy groups -OCH3 is 1. The average Bonchev–Trinajstić information content (AvgIpc) is 2.66. The number of carbonyl (C=O) groups is 2. The highest BCUT2D eigenvalue weighted by Crippen LogP contribution is 2.28. The maximum atomic E-state index is 12.6. The Morgan fingerprint density at radius 2 is 1.88 bits per heavy atom. The first kappa shape index (κ1) is 17.0. The Bertz CT molecular complexity index is 788. The summed E-state index contributed by atoms with van der Waals surface area (Å²) < 4.78 is 5.19.